The van der Waals surface area contributed by atoms with Crippen molar-refractivity contribution in [3.63, 3.8) is 0 Å². The summed E-state index contributed by atoms with van der Waals surface area (Å²) in [6.07, 6.45) is 3.24. The van der Waals surface area contributed by atoms with E-state index in [1.807, 2.05) is 36.4 Å². The van der Waals surface area contributed by atoms with Gasteiger partial charge >= 0.3 is 0 Å². The Hall–Kier alpha value is -2.86. The van der Waals surface area contributed by atoms with Gasteiger partial charge in [-0.3, -0.25) is 10.1 Å². The lowest BCUT2D eigenvalue weighted by atomic mass is 10.2. The molecule has 5 nitrogen and oxygen atoms in total. The van der Waals surface area contributed by atoms with E-state index < -0.39 is 0 Å². The molecule has 3 aromatic rings. The normalized spacial score (nSPS) is 10.9. The van der Waals surface area contributed by atoms with Crippen LogP contribution in [-0.4, -0.2) is 25.1 Å². The maximum absolute atomic E-state index is 12.1. The smallest absolute Gasteiger partial charge is 0.250 e. The van der Waals surface area contributed by atoms with Gasteiger partial charge in [0.05, 0.1) is 18.9 Å². The quantitative estimate of drug-likeness (QED) is 0.714. The van der Waals surface area contributed by atoms with Gasteiger partial charge in [-0.1, -0.05) is 41.7 Å². The molecule has 1 aromatic heterocycles. The Kier molecular flexibility index (Phi) is 4.77. The van der Waals surface area contributed by atoms with E-state index in [0.29, 0.717) is 22.1 Å². The second-order valence-corrected chi connectivity index (χ2v) is 5.96. The minimum absolute atomic E-state index is 0.233. The first kappa shape index (κ1) is 16.0. The summed E-state index contributed by atoms with van der Waals surface area (Å²) in [5.74, 6) is 1.06. The first-order valence-corrected chi connectivity index (χ1v) is 8.08. The van der Waals surface area contributed by atoms with Crippen molar-refractivity contribution in [2.75, 3.05) is 19.5 Å². The predicted molar refractivity (Wildman–Crippen MR) is 96.8 cm³/mol. The fourth-order valence-electron chi connectivity index (χ4n) is 2.18. The van der Waals surface area contributed by atoms with E-state index in [1.165, 1.54) is 17.4 Å². The Morgan fingerprint density at radius 3 is 2.67 bits per heavy atom. The van der Waals surface area contributed by atoms with E-state index >= 15 is 0 Å². The minimum atomic E-state index is -0.233. The van der Waals surface area contributed by atoms with E-state index in [0.717, 1.165) is 10.3 Å². The number of aromatic nitrogens is 1. The summed E-state index contributed by atoms with van der Waals surface area (Å²) in [5.41, 5.74) is 1.66. The molecule has 24 heavy (non-hydrogen) atoms. The van der Waals surface area contributed by atoms with Crippen molar-refractivity contribution >= 4 is 38.7 Å². The summed E-state index contributed by atoms with van der Waals surface area (Å²) in [7, 11) is 3.17. The van der Waals surface area contributed by atoms with Crippen LogP contribution in [0.1, 0.15) is 5.56 Å². The topological polar surface area (TPSA) is 60.5 Å². The van der Waals surface area contributed by atoms with Crippen LogP contribution in [0.5, 0.6) is 11.5 Å². The molecule has 0 bridgehead atoms. The van der Waals surface area contributed by atoms with Gasteiger partial charge in [0.2, 0.25) is 5.91 Å². The maximum atomic E-state index is 12.1. The fraction of sp³-hybridized carbons (Fsp3) is 0.111. The van der Waals surface area contributed by atoms with Crippen molar-refractivity contribution in [1.82, 2.24) is 4.98 Å². The van der Waals surface area contributed by atoms with E-state index in [-0.39, 0.29) is 5.91 Å². The molecule has 6 heteroatoms. The highest BCUT2D eigenvalue weighted by Crippen LogP contribution is 2.36. The van der Waals surface area contributed by atoms with Crippen LogP contribution in [0, 0.1) is 0 Å². The Balaban J connectivity index is 1.80. The summed E-state index contributed by atoms with van der Waals surface area (Å²) >= 11 is 1.37. The highest BCUT2D eigenvalue weighted by atomic mass is 32.1. The molecule has 2 aromatic carbocycles. The third kappa shape index (κ3) is 3.55. The van der Waals surface area contributed by atoms with Crippen molar-refractivity contribution in [1.29, 1.82) is 0 Å². The number of hydrogen-bond acceptors (Lipinski definition) is 5. The molecule has 0 saturated heterocycles. The molecule has 1 amide bonds. The highest BCUT2D eigenvalue weighted by Gasteiger charge is 2.12. The molecule has 1 heterocycles. The largest absolute Gasteiger partial charge is 0.497 e. The number of thiazole rings is 1. The van der Waals surface area contributed by atoms with E-state index in [2.05, 4.69) is 10.3 Å². The van der Waals surface area contributed by atoms with Gasteiger partial charge < -0.3 is 9.47 Å². The van der Waals surface area contributed by atoms with E-state index in [9.17, 15) is 4.79 Å². The number of rotatable bonds is 5. The number of amides is 1. The summed E-state index contributed by atoms with van der Waals surface area (Å²) < 4.78 is 11.5. The minimum Gasteiger partial charge on any atom is -0.497 e. The third-order valence-corrected chi connectivity index (χ3v) is 4.26. The molecule has 3 rings (SSSR count). The molecular formula is C18H16N2O3S. The van der Waals surface area contributed by atoms with Crippen molar-refractivity contribution in [3.8, 4) is 11.5 Å². The van der Waals surface area contributed by atoms with Gasteiger partial charge in [-0.25, -0.2) is 4.98 Å². The summed E-state index contributed by atoms with van der Waals surface area (Å²) in [6.45, 7) is 0. The Morgan fingerprint density at radius 1 is 1.17 bits per heavy atom. The Morgan fingerprint density at radius 2 is 1.96 bits per heavy atom. The highest BCUT2D eigenvalue weighted by molar-refractivity contribution is 7.22. The number of benzene rings is 2. The second kappa shape index (κ2) is 7.14. The summed E-state index contributed by atoms with van der Waals surface area (Å²) in [5, 5.41) is 3.29. The van der Waals surface area contributed by atoms with Gasteiger partial charge in [0.15, 0.2) is 5.13 Å². The predicted octanol–water partition coefficient (Wildman–Crippen LogP) is 3.97. The van der Waals surface area contributed by atoms with E-state index in [4.69, 9.17) is 9.47 Å². The summed E-state index contributed by atoms with van der Waals surface area (Å²) in [4.78, 5) is 16.5. The van der Waals surface area contributed by atoms with Crippen LogP contribution in [0.15, 0.2) is 48.5 Å². The molecule has 1 N–H and O–H groups in total. The van der Waals surface area contributed by atoms with Gasteiger partial charge in [0, 0.05) is 12.1 Å². The molecule has 0 spiro atoms. The first-order valence-electron chi connectivity index (χ1n) is 7.26. The van der Waals surface area contributed by atoms with Gasteiger partial charge in [0.1, 0.15) is 17.0 Å². The third-order valence-electron chi connectivity index (χ3n) is 3.35. The molecule has 122 valence electrons. The van der Waals surface area contributed by atoms with Gasteiger partial charge in [0.25, 0.3) is 0 Å². The molecule has 0 aliphatic heterocycles. The molecule has 0 aliphatic rings. The van der Waals surface area contributed by atoms with Gasteiger partial charge in [-0.15, -0.1) is 0 Å². The van der Waals surface area contributed by atoms with Crippen LogP contribution in [0.25, 0.3) is 16.3 Å². The zero-order valence-electron chi connectivity index (χ0n) is 13.3. The standard InChI is InChI=1S/C18H16N2O3S/c1-22-13-10-14(23-2)17-15(11-13)24-18(20-17)19-16(21)9-8-12-6-4-3-5-7-12/h3-11H,1-2H3,(H,19,20,21). The maximum Gasteiger partial charge on any atom is 0.250 e. The summed E-state index contributed by atoms with van der Waals surface area (Å²) in [6, 6.07) is 13.3. The number of carbonyl (C=O) groups excluding carboxylic acids is 1. The number of fused-ring (bicyclic) bond motifs is 1. The molecular weight excluding hydrogens is 324 g/mol. The average molecular weight is 340 g/mol. The molecule has 0 saturated carbocycles. The Labute approximate surface area is 143 Å². The average Bonchev–Trinajstić information content (AvgIpc) is 3.02. The SMILES string of the molecule is COc1cc(OC)c2nc(NC(=O)C=Cc3ccccc3)sc2c1. The van der Waals surface area contributed by atoms with Crippen LogP contribution in [-0.2, 0) is 4.79 Å². The van der Waals surface area contributed by atoms with Crippen molar-refractivity contribution in [2.45, 2.75) is 0 Å². The van der Waals surface area contributed by atoms with Crippen molar-refractivity contribution in [2.24, 2.45) is 0 Å². The lowest BCUT2D eigenvalue weighted by molar-refractivity contribution is -0.111. The lowest BCUT2D eigenvalue weighted by Gasteiger charge is -2.03. The van der Waals surface area contributed by atoms with Crippen LogP contribution in [0.3, 0.4) is 0 Å². The number of anilines is 1. The number of hydrogen-bond donors (Lipinski definition) is 1. The van der Waals surface area contributed by atoms with Crippen LogP contribution < -0.4 is 14.8 Å². The number of ether oxygens (including phenoxy) is 2. The molecule has 0 aliphatic carbocycles. The number of carbonyl (C=O) groups is 1. The first-order chi connectivity index (χ1) is 11.7. The van der Waals surface area contributed by atoms with Crippen LogP contribution in [0.4, 0.5) is 5.13 Å². The Bertz CT molecular complexity index is 888. The molecule has 0 atom stereocenters. The van der Waals surface area contributed by atoms with Gasteiger partial charge in [-0.2, -0.15) is 0 Å². The second-order valence-electron chi connectivity index (χ2n) is 4.93. The lowest BCUT2D eigenvalue weighted by Crippen LogP contribution is -2.07. The monoisotopic (exact) mass is 340 g/mol. The molecule has 0 fully saturated rings. The van der Waals surface area contributed by atoms with Crippen LogP contribution >= 0.6 is 11.3 Å². The number of nitrogens with zero attached hydrogens (tertiary/aromatic N) is 1. The molecule has 0 unspecified atom stereocenters. The zero-order valence-corrected chi connectivity index (χ0v) is 14.1. The fourth-order valence-corrected chi connectivity index (χ4v) is 3.10. The van der Waals surface area contributed by atoms with Crippen LogP contribution in [0.2, 0.25) is 0 Å². The van der Waals surface area contributed by atoms with Crippen molar-refractivity contribution < 1.29 is 14.3 Å². The number of nitrogens with one attached hydrogen (secondary N) is 1. The van der Waals surface area contributed by atoms with Gasteiger partial charge in [-0.05, 0) is 17.7 Å². The zero-order chi connectivity index (χ0) is 16.9. The molecule has 0 radical (unpaired) electrons. The van der Waals surface area contributed by atoms with Crippen molar-refractivity contribution in [3.05, 3.63) is 54.1 Å². The van der Waals surface area contributed by atoms with E-state index in [1.54, 1.807) is 26.4 Å². The number of methoxy groups -OCH3 is 2.